The fraction of sp³-hybridized carbons (Fsp3) is 0.0667. The van der Waals surface area contributed by atoms with Crippen molar-refractivity contribution in [1.82, 2.24) is 4.98 Å². The molecule has 0 unspecified atom stereocenters. The van der Waals surface area contributed by atoms with E-state index in [-0.39, 0.29) is 10.8 Å². The number of amides is 1. The Morgan fingerprint density at radius 2 is 1.87 bits per heavy atom. The minimum Gasteiger partial charge on any atom is -0.298 e. The van der Waals surface area contributed by atoms with Gasteiger partial charge in [0.15, 0.2) is 15.0 Å². The van der Waals surface area contributed by atoms with Gasteiger partial charge in [-0.15, -0.1) is 0 Å². The van der Waals surface area contributed by atoms with Crippen LogP contribution >= 0.6 is 22.9 Å². The Labute approximate surface area is 141 Å². The van der Waals surface area contributed by atoms with Crippen LogP contribution in [0.15, 0.2) is 47.4 Å². The van der Waals surface area contributed by atoms with Gasteiger partial charge in [0.2, 0.25) is 0 Å². The van der Waals surface area contributed by atoms with E-state index in [0.717, 1.165) is 11.0 Å². The van der Waals surface area contributed by atoms with Crippen LogP contribution in [0.5, 0.6) is 0 Å². The van der Waals surface area contributed by atoms with E-state index in [0.29, 0.717) is 21.2 Å². The molecule has 0 atom stereocenters. The van der Waals surface area contributed by atoms with E-state index in [4.69, 9.17) is 11.6 Å². The smallest absolute Gasteiger partial charge is 0.257 e. The summed E-state index contributed by atoms with van der Waals surface area (Å²) in [4.78, 5) is 16.7. The first-order valence-electron chi connectivity index (χ1n) is 6.51. The van der Waals surface area contributed by atoms with Crippen LogP contribution in [-0.2, 0) is 9.84 Å². The van der Waals surface area contributed by atoms with Crippen molar-refractivity contribution in [2.24, 2.45) is 0 Å². The second kappa shape index (κ2) is 5.92. The molecule has 8 heteroatoms. The van der Waals surface area contributed by atoms with Crippen LogP contribution in [0.4, 0.5) is 5.13 Å². The number of halogens is 1. The predicted molar refractivity (Wildman–Crippen MR) is 92.1 cm³/mol. The van der Waals surface area contributed by atoms with Crippen LogP contribution in [0.2, 0.25) is 5.02 Å². The van der Waals surface area contributed by atoms with Gasteiger partial charge in [0.05, 0.1) is 14.6 Å². The van der Waals surface area contributed by atoms with Crippen LogP contribution < -0.4 is 5.32 Å². The quantitative estimate of drug-likeness (QED) is 0.768. The molecule has 2 aromatic carbocycles. The fourth-order valence-electron chi connectivity index (χ4n) is 1.99. The molecule has 3 aromatic rings. The van der Waals surface area contributed by atoms with E-state index in [1.165, 1.54) is 35.6 Å². The third-order valence-electron chi connectivity index (χ3n) is 3.13. The van der Waals surface area contributed by atoms with Crippen molar-refractivity contribution in [2.75, 3.05) is 11.6 Å². The lowest BCUT2D eigenvalue weighted by atomic mass is 10.2. The van der Waals surface area contributed by atoms with Crippen LogP contribution in [0, 0.1) is 0 Å². The lowest BCUT2D eigenvalue weighted by molar-refractivity contribution is 0.102. The second-order valence-electron chi connectivity index (χ2n) is 4.86. The maximum Gasteiger partial charge on any atom is 0.257 e. The maximum atomic E-state index is 12.2. The molecule has 0 saturated heterocycles. The molecule has 23 heavy (non-hydrogen) atoms. The van der Waals surface area contributed by atoms with Crippen molar-refractivity contribution in [3.8, 4) is 0 Å². The molecule has 1 heterocycles. The van der Waals surface area contributed by atoms with Crippen molar-refractivity contribution >= 4 is 54.0 Å². The van der Waals surface area contributed by atoms with E-state index in [9.17, 15) is 13.2 Å². The first kappa shape index (κ1) is 15.9. The number of aromatic nitrogens is 1. The van der Waals surface area contributed by atoms with Crippen molar-refractivity contribution in [3.05, 3.63) is 53.1 Å². The van der Waals surface area contributed by atoms with Gasteiger partial charge < -0.3 is 0 Å². The predicted octanol–water partition coefficient (Wildman–Crippen LogP) is 3.61. The van der Waals surface area contributed by atoms with Gasteiger partial charge >= 0.3 is 0 Å². The number of hydrogen-bond acceptors (Lipinski definition) is 5. The van der Waals surface area contributed by atoms with E-state index >= 15 is 0 Å². The molecule has 1 amide bonds. The largest absolute Gasteiger partial charge is 0.298 e. The second-order valence-corrected chi connectivity index (χ2v) is 8.31. The van der Waals surface area contributed by atoms with Gasteiger partial charge in [-0.1, -0.05) is 29.0 Å². The van der Waals surface area contributed by atoms with Crippen molar-refractivity contribution in [1.29, 1.82) is 0 Å². The summed E-state index contributed by atoms with van der Waals surface area (Å²) in [7, 11) is -3.28. The molecule has 0 aliphatic carbocycles. The lowest BCUT2D eigenvalue weighted by Crippen LogP contribution is -2.11. The Morgan fingerprint density at radius 1 is 1.17 bits per heavy atom. The summed E-state index contributed by atoms with van der Waals surface area (Å²) in [5.41, 5.74) is 0.990. The Morgan fingerprint density at radius 3 is 2.48 bits per heavy atom. The third kappa shape index (κ3) is 3.36. The zero-order valence-corrected chi connectivity index (χ0v) is 14.3. The number of anilines is 1. The zero-order chi connectivity index (χ0) is 16.6. The van der Waals surface area contributed by atoms with E-state index in [1.54, 1.807) is 6.07 Å². The standard InChI is InChI=1S/C15H11ClN2O3S2/c1-23(20,21)10-7-5-9(6-8-10)14(19)18-15-17-13-11(16)3-2-4-12(13)22-15/h2-8H,1H3,(H,17,18,19). The Hall–Kier alpha value is -1.96. The summed E-state index contributed by atoms with van der Waals surface area (Å²) in [6.07, 6.45) is 1.12. The SMILES string of the molecule is CS(=O)(=O)c1ccc(C(=O)Nc2nc3c(Cl)cccc3s2)cc1. The Bertz CT molecular complexity index is 995. The molecular formula is C15H11ClN2O3S2. The summed E-state index contributed by atoms with van der Waals surface area (Å²) in [6.45, 7) is 0. The number of para-hydroxylation sites is 1. The van der Waals surface area contributed by atoms with Crippen molar-refractivity contribution < 1.29 is 13.2 Å². The minimum absolute atomic E-state index is 0.167. The maximum absolute atomic E-state index is 12.2. The number of carbonyl (C=O) groups is 1. The Kier molecular flexibility index (Phi) is 4.09. The molecule has 0 fully saturated rings. The van der Waals surface area contributed by atoms with Crippen molar-refractivity contribution in [3.63, 3.8) is 0 Å². The molecule has 0 aliphatic heterocycles. The number of nitrogens with zero attached hydrogens (tertiary/aromatic N) is 1. The number of carbonyl (C=O) groups excluding carboxylic acids is 1. The summed E-state index contributed by atoms with van der Waals surface area (Å²) in [5, 5.41) is 3.65. The van der Waals surface area contributed by atoms with E-state index in [2.05, 4.69) is 10.3 Å². The number of benzene rings is 2. The molecule has 0 radical (unpaired) electrons. The lowest BCUT2D eigenvalue weighted by Gasteiger charge is -2.03. The molecule has 5 nitrogen and oxygen atoms in total. The molecule has 118 valence electrons. The topological polar surface area (TPSA) is 76.1 Å². The highest BCUT2D eigenvalue weighted by molar-refractivity contribution is 7.90. The van der Waals surface area contributed by atoms with Gasteiger partial charge in [-0.3, -0.25) is 10.1 Å². The van der Waals surface area contributed by atoms with Gasteiger partial charge in [-0.25, -0.2) is 13.4 Å². The van der Waals surface area contributed by atoms with Crippen LogP contribution in [-0.4, -0.2) is 25.6 Å². The number of sulfone groups is 1. The number of thiazole rings is 1. The number of fused-ring (bicyclic) bond motifs is 1. The van der Waals surface area contributed by atoms with Crippen molar-refractivity contribution in [2.45, 2.75) is 4.90 Å². The average Bonchev–Trinajstić information content (AvgIpc) is 2.90. The highest BCUT2D eigenvalue weighted by Crippen LogP contribution is 2.30. The molecule has 0 saturated carbocycles. The number of hydrogen-bond donors (Lipinski definition) is 1. The molecule has 0 aliphatic rings. The number of nitrogens with one attached hydrogen (secondary N) is 1. The van der Waals surface area contributed by atoms with Gasteiger partial charge in [0, 0.05) is 11.8 Å². The van der Waals surface area contributed by atoms with Crippen LogP contribution in [0.25, 0.3) is 10.2 Å². The van der Waals surface area contributed by atoms with Gasteiger partial charge in [-0.05, 0) is 36.4 Å². The molecule has 1 aromatic heterocycles. The van der Waals surface area contributed by atoms with Crippen LogP contribution in [0.3, 0.4) is 0 Å². The molecule has 3 rings (SSSR count). The first-order valence-corrected chi connectivity index (χ1v) is 9.60. The third-order valence-corrected chi connectivity index (χ3v) is 5.50. The summed E-state index contributed by atoms with van der Waals surface area (Å²) in [5.74, 6) is -0.361. The minimum atomic E-state index is -3.28. The average molecular weight is 367 g/mol. The van der Waals surface area contributed by atoms with E-state index < -0.39 is 9.84 Å². The van der Waals surface area contributed by atoms with Crippen LogP contribution in [0.1, 0.15) is 10.4 Å². The molecular weight excluding hydrogens is 356 g/mol. The molecule has 1 N–H and O–H groups in total. The van der Waals surface area contributed by atoms with E-state index in [1.807, 2.05) is 12.1 Å². The summed E-state index contributed by atoms with van der Waals surface area (Å²) >= 11 is 7.38. The molecule has 0 bridgehead atoms. The normalized spacial score (nSPS) is 11.6. The monoisotopic (exact) mass is 366 g/mol. The summed E-state index contributed by atoms with van der Waals surface area (Å²) in [6, 6.07) is 11.2. The molecule has 0 spiro atoms. The highest BCUT2D eigenvalue weighted by Gasteiger charge is 2.13. The summed E-state index contributed by atoms with van der Waals surface area (Å²) < 4.78 is 23.7. The first-order chi connectivity index (χ1) is 10.8. The van der Waals surface area contributed by atoms with Gasteiger partial charge in [0.1, 0.15) is 5.52 Å². The Balaban J connectivity index is 1.84. The zero-order valence-electron chi connectivity index (χ0n) is 11.9. The number of rotatable bonds is 3. The highest BCUT2D eigenvalue weighted by atomic mass is 35.5. The fourth-order valence-corrected chi connectivity index (χ4v) is 3.78. The van der Waals surface area contributed by atoms with Gasteiger partial charge in [0.25, 0.3) is 5.91 Å². The van der Waals surface area contributed by atoms with Gasteiger partial charge in [-0.2, -0.15) is 0 Å².